The van der Waals surface area contributed by atoms with Gasteiger partial charge in [0.15, 0.2) is 0 Å². The van der Waals surface area contributed by atoms with E-state index in [-0.39, 0.29) is 38.1 Å². The monoisotopic (exact) mass is 720 g/mol. The molecule has 0 saturated carbocycles. The summed E-state index contributed by atoms with van der Waals surface area (Å²) < 4.78 is 0. The molecule has 1 radical (unpaired) electrons. The summed E-state index contributed by atoms with van der Waals surface area (Å²) in [5, 5.41) is 27.8. The molecule has 3 nitrogen and oxygen atoms in total. The SMILES string of the molecule is CC1(C)C=CCC(c2ccc(O)cc2)C=C1.CC1(C)C=CCC(c2ccc(O)cc2)CC1.C[C-]1C=CC(c2ccc(O)cc2)CCC1.[Y]. The van der Waals surface area contributed by atoms with E-state index >= 15 is 0 Å². The molecule has 0 heterocycles. The van der Waals surface area contributed by atoms with Crippen molar-refractivity contribution in [2.75, 3.05) is 0 Å². The molecule has 3 unspecified atom stereocenters. The van der Waals surface area contributed by atoms with Crippen molar-refractivity contribution in [3.8, 4) is 17.2 Å². The Morgan fingerprint density at radius 1 is 0.604 bits per heavy atom. The number of aromatic hydroxyl groups is 3. The maximum absolute atomic E-state index is 9.28. The summed E-state index contributed by atoms with van der Waals surface area (Å²) in [6.45, 7) is 11.2. The van der Waals surface area contributed by atoms with Crippen molar-refractivity contribution in [3.05, 3.63) is 144 Å². The molecule has 0 bridgehead atoms. The minimum absolute atomic E-state index is 0. The summed E-state index contributed by atoms with van der Waals surface area (Å²) >= 11 is 0. The van der Waals surface area contributed by atoms with Crippen LogP contribution in [0.1, 0.15) is 114 Å². The van der Waals surface area contributed by atoms with Gasteiger partial charge in [0, 0.05) is 44.0 Å². The van der Waals surface area contributed by atoms with Gasteiger partial charge in [0.2, 0.25) is 0 Å². The molecule has 0 fully saturated rings. The first-order chi connectivity index (χ1) is 22.4. The Kier molecular flexibility index (Phi) is 15.3. The fourth-order valence-corrected chi connectivity index (χ4v) is 6.39. The van der Waals surface area contributed by atoms with Gasteiger partial charge >= 0.3 is 0 Å². The van der Waals surface area contributed by atoms with Gasteiger partial charge in [-0.05, 0) is 84.5 Å². The smallest absolute Gasteiger partial charge is 0.115 e. The summed E-state index contributed by atoms with van der Waals surface area (Å²) in [7, 11) is 0. The van der Waals surface area contributed by atoms with Crippen molar-refractivity contribution in [1.29, 1.82) is 0 Å². The molecule has 0 amide bonds. The van der Waals surface area contributed by atoms with Gasteiger partial charge in [-0.1, -0.05) is 131 Å². The molecular formula is C44H55O3Y-. The molecule has 3 aliphatic rings. The van der Waals surface area contributed by atoms with Crippen LogP contribution in [0, 0.1) is 16.7 Å². The fraction of sp³-hybridized carbons (Fsp3) is 0.386. The predicted octanol–water partition coefficient (Wildman–Crippen LogP) is 12.1. The first-order valence-electron chi connectivity index (χ1n) is 17.3. The van der Waals surface area contributed by atoms with E-state index in [0.29, 0.717) is 40.4 Å². The van der Waals surface area contributed by atoms with Gasteiger partial charge in [-0.3, -0.25) is 0 Å². The molecule has 0 saturated heterocycles. The van der Waals surface area contributed by atoms with Gasteiger partial charge in [0.25, 0.3) is 0 Å². The molecule has 0 spiro atoms. The van der Waals surface area contributed by atoms with Crippen LogP contribution in [-0.4, -0.2) is 15.3 Å². The average molecular weight is 721 g/mol. The Bertz CT molecular complexity index is 1490. The molecular weight excluding hydrogens is 665 g/mol. The van der Waals surface area contributed by atoms with E-state index in [0.717, 1.165) is 12.8 Å². The summed E-state index contributed by atoms with van der Waals surface area (Å²) in [5.74, 6) is 4.06. The Balaban J connectivity index is 0.000000193. The third-order valence-corrected chi connectivity index (χ3v) is 9.53. The van der Waals surface area contributed by atoms with Gasteiger partial charge in [-0.15, -0.1) is 6.92 Å². The molecule has 0 aliphatic heterocycles. The predicted molar refractivity (Wildman–Crippen MR) is 198 cm³/mol. The van der Waals surface area contributed by atoms with Crippen LogP contribution in [-0.2, 0) is 32.7 Å². The van der Waals surface area contributed by atoms with Gasteiger partial charge in [-0.2, -0.15) is 0 Å². The molecule has 0 aromatic heterocycles. The minimum atomic E-state index is 0. The van der Waals surface area contributed by atoms with E-state index in [1.165, 1.54) is 54.7 Å². The summed E-state index contributed by atoms with van der Waals surface area (Å²) in [6, 6.07) is 22.7. The minimum Gasteiger partial charge on any atom is -0.508 e. The van der Waals surface area contributed by atoms with Crippen LogP contribution in [0.5, 0.6) is 17.2 Å². The Morgan fingerprint density at radius 2 is 1.12 bits per heavy atom. The largest absolute Gasteiger partial charge is 0.508 e. The number of rotatable bonds is 3. The van der Waals surface area contributed by atoms with Crippen LogP contribution in [0.15, 0.2) is 121 Å². The molecule has 253 valence electrons. The Morgan fingerprint density at radius 3 is 1.71 bits per heavy atom. The van der Waals surface area contributed by atoms with Gasteiger partial charge < -0.3 is 15.3 Å². The standard InChI is InChI=1S/C15H20O.C15H18O.C14H17O.Y/c2*1-15(2)10-3-4-12(9-11-15)13-5-7-14(16)8-6-13;1-11-3-2-4-12(6-5-11)13-7-9-14(15)10-8-13;/h3,5-8,10,12,16H,4,9,11H2,1-2H3;3,5-12,16H,4H2,1-2H3;5-10,12,15H,2-4H2,1H3;/q;;-1;. The number of phenols is 3. The van der Waals surface area contributed by atoms with Crippen molar-refractivity contribution in [3.63, 3.8) is 0 Å². The first-order valence-corrected chi connectivity index (χ1v) is 17.3. The fourth-order valence-electron chi connectivity index (χ4n) is 6.39. The second-order valence-electron chi connectivity index (χ2n) is 14.8. The molecule has 4 heteroatoms. The van der Waals surface area contributed by atoms with Crippen molar-refractivity contribution in [2.24, 2.45) is 10.8 Å². The number of allylic oxidation sites excluding steroid dienone is 8. The molecule has 3 atom stereocenters. The molecule has 3 N–H and O–H groups in total. The maximum atomic E-state index is 9.28. The van der Waals surface area contributed by atoms with Gasteiger partial charge in [0.1, 0.15) is 17.2 Å². The van der Waals surface area contributed by atoms with Crippen LogP contribution in [0.4, 0.5) is 0 Å². The van der Waals surface area contributed by atoms with Crippen molar-refractivity contribution in [1.82, 2.24) is 0 Å². The average Bonchev–Trinajstić information content (AvgIpc) is 3.46. The molecule has 3 aromatic rings. The summed E-state index contributed by atoms with van der Waals surface area (Å²) in [4.78, 5) is 0. The van der Waals surface area contributed by atoms with Crippen molar-refractivity contribution in [2.45, 2.75) is 97.3 Å². The second kappa shape index (κ2) is 18.7. The number of hydrogen-bond donors (Lipinski definition) is 3. The van der Waals surface area contributed by atoms with E-state index < -0.39 is 0 Å². The number of benzene rings is 3. The quantitative estimate of drug-likeness (QED) is 0.186. The third-order valence-electron chi connectivity index (χ3n) is 9.53. The van der Waals surface area contributed by atoms with Crippen LogP contribution in [0.3, 0.4) is 0 Å². The van der Waals surface area contributed by atoms with E-state index in [1.54, 1.807) is 36.4 Å². The third kappa shape index (κ3) is 13.1. The number of phenolic OH excluding ortho intramolecular Hbond substituents is 3. The molecule has 6 rings (SSSR count). The van der Waals surface area contributed by atoms with Crippen LogP contribution in [0.25, 0.3) is 0 Å². The van der Waals surface area contributed by atoms with Crippen LogP contribution < -0.4 is 0 Å². The van der Waals surface area contributed by atoms with Crippen LogP contribution in [0.2, 0.25) is 0 Å². The molecule has 3 aromatic carbocycles. The van der Waals surface area contributed by atoms with Gasteiger partial charge in [0.05, 0.1) is 0 Å². The number of hydrogen-bond acceptors (Lipinski definition) is 3. The van der Waals surface area contributed by atoms with Crippen molar-refractivity contribution < 1.29 is 48.0 Å². The van der Waals surface area contributed by atoms with E-state index in [9.17, 15) is 15.3 Å². The topological polar surface area (TPSA) is 60.7 Å². The summed E-state index contributed by atoms with van der Waals surface area (Å²) in [5.41, 5.74) is 4.41. The van der Waals surface area contributed by atoms with E-state index in [4.69, 9.17) is 0 Å². The first kappa shape index (κ1) is 39.4. The van der Waals surface area contributed by atoms with E-state index in [2.05, 4.69) is 83.2 Å². The normalized spacial score (nSPS) is 22.4. The second-order valence-corrected chi connectivity index (χ2v) is 14.8. The molecule has 48 heavy (non-hydrogen) atoms. The van der Waals surface area contributed by atoms with Crippen molar-refractivity contribution >= 4 is 0 Å². The molecule has 3 aliphatic carbocycles. The Labute approximate surface area is 315 Å². The maximum Gasteiger partial charge on any atom is 0.115 e. The Hall–Kier alpha value is -3.01. The zero-order valence-corrected chi connectivity index (χ0v) is 32.5. The van der Waals surface area contributed by atoms with E-state index in [1.807, 2.05) is 36.4 Å². The zero-order chi connectivity index (χ0) is 33.9. The van der Waals surface area contributed by atoms with Crippen LogP contribution >= 0.6 is 0 Å². The summed E-state index contributed by atoms with van der Waals surface area (Å²) in [6.07, 6.45) is 26.5. The zero-order valence-electron chi connectivity index (χ0n) is 29.6. The van der Waals surface area contributed by atoms with Gasteiger partial charge in [-0.25, -0.2) is 18.1 Å².